The molecule has 0 aliphatic rings. The fourth-order valence-electron chi connectivity index (χ4n) is 1.75. The zero-order chi connectivity index (χ0) is 16.1. The van der Waals surface area contributed by atoms with Crippen LogP contribution in [0.25, 0.3) is 0 Å². The molecule has 1 aromatic heterocycles. The first-order valence-corrected chi connectivity index (χ1v) is 8.65. The van der Waals surface area contributed by atoms with E-state index in [1.165, 1.54) is 0 Å². The van der Waals surface area contributed by atoms with Crippen LogP contribution in [-0.2, 0) is 4.79 Å². The summed E-state index contributed by atoms with van der Waals surface area (Å²) >= 11 is -0.816. The molecule has 1 aromatic carbocycles. The van der Waals surface area contributed by atoms with Crippen LogP contribution < -0.4 is 4.48 Å². The van der Waals surface area contributed by atoms with Gasteiger partial charge in [0.2, 0.25) is 0 Å². The molecular formula is C17H14AsNO3. The number of carboxylic acids is 1. The van der Waals surface area contributed by atoms with Crippen molar-refractivity contribution in [3.63, 3.8) is 0 Å². The molecule has 22 heavy (non-hydrogen) atoms. The van der Waals surface area contributed by atoms with E-state index in [2.05, 4.69) is 16.8 Å². The monoisotopic (exact) mass is 355 g/mol. The van der Waals surface area contributed by atoms with Gasteiger partial charge >= 0.3 is 135 Å². The molecule has 5 heteroatoms. The van der Waals surface area contributed by atoms with Gasteiger partial charge < -0.3 is 0 Å². The second-order valence-corrected chi connectivity index (χ2v) is 7.77. The van der Waals surface area contributed by atoms with Crippen molar-refractivity contribution in [3.05, 3.63) is 58.8 Å². The van der Waals surface area contributed by atoms with E-state index in [0.717, 1.165) is 15.6 Å². The Bertz CT molecular complexity index is 786. The number of nitrogens with zero attached hydrogens (tertiary/aromatic N) is 1. The minimum atomic E-state index is -0.970. The number of carbonyl (C=O) groups is 2. The Hall–Kier alpha value is -2.37. The van der Waals surface area contributed by atoms with Crippen molar-refractivity contribution in [2.24, 2.45) is 0 Å². The molecule has 110 valence electrons. The van der Waals surface area contributed by atoms with Crippen LogP contribution >= 0.6 is 0 Å². The summed E-state index contributed by atoms with van der Waals surface area (Å²) in [6.45, 7) is 3.46. The van der Waals surface area contributed by atoms with Crippen LogP contribution in [0.2, 0.25) is 0 Å². The fourth-order valence-corrected chi connectivity index (χ4v) is 3.13. The third-order valence-electron chi connectivity index (χ3n) is 2.89. The van der Waals surface area contributed by atoms with Crippen molar-refractivity contribution in [1.29, 1.82) is 0 Å². The Morgan fingerprint density at radius 3 is 2.55 bits per heavy atom. The molecule has 1 atom stereocenters. The molecule has 0 amide bonds. The third-order valence-corrected chi connectivity index (χ3v) is 4.79. The molecular weight excluding hydrogens is 341 g/mol. The summed E-state index contributed by atoms with van der Waals surface area (Å²) in [4.78, 5) is 26.3. The molecule has 4 nitrogen and oxygen atoms in total. The maximum absolute atomic E-state index is 11.1. The molecule has 2 aromatic rings. The topological polar surface area (TPSA) is 67.3 Å². The van der Waals surface area contributed by atoms with Gasteiger partial charge in [0.1, 0.15) is 0 Å². The summed E-state index contributed by atoms with van der Waals surface area (Å²) in [7, 11) is 0. The number of benzene rings is 1. The Kier molecular flexibility index (Phi) is 5.14. The first kappa shape index (κ1) is 16.0. The van der Waals surface area contributed by atoms with Crippen LogP contribution in [0.1, 0.15) is 34.0 Å². The van der Waals surface area contributed by atoms with Crippen molar-refractivity contribution in [2.45, 2.75) is 13.8 Å². The van der Waals surface area contributed by atoms with E-state index in [-0.39, 0.29) is 10.1 Å². The molecule has 0 aliphatic heterocycles. The van der Waals surface area contributed by atoms with Crippen molar-refractivity contribution < 1.29 is 14.7 Å². The molecule has 2 rings (SSSR count). The van der Waals surface area contributed by atoms with E-state index in [1.807, 2.05) is 19.1 Å². The van der Waals surface area contributed by atoms with Gasteiger partial charge in [0.25, 0.3) is 0 Å². The van der Waals surface area contributed by atoms with Gasteiger partial charge in [-0.1, -0.05) is 0 Å². The van der Waals surface area contributed by atoms with Crippen LogP contribution in [0, 0.1) is 18.8 Å². The molecule has 0 saturated heterocycles. The van der Waals surface area contributed by atoms with E-state index in [9.17, 15) is 9.59 Å². The number of carbonyl (C=O) groups excluding carboxylic acids is 1. The standard InChI is InChI=1S/C17H14AsNO3/c1-11-3-6-15(17(21)22)9-14(11)7-4-13-5-8-16(19-10-13)18-12(2)20/h3,5-6,8-10,18H,1-2H3,(H,21,22). The van der Waals surface area contributed by atoms with Crippen molar-refractivity contribution in [2.75, 3.05) is 0 Å². The summed E-state index contributed by atoms with van der Waals surface area (Å²) in [6.07, 6.45) is 1.64. The van der Waals surface area contributed by atoms with E-state index < -0.39 is 21.7 Å². The van der Waals surface area contributed by atoms with Crippen LogP contribution in [0.4, 0.5) is 0 Å². The van der Waals surface area contributed by atoms with Gasteiger partial charge in [0.15, 0.2) is 0 Å². The Morgan fingerprint density at radius 1 is 1.18 bits per heavy atom. The number of pyridine rings is 1. The Balaban J connectivity index is 2.24. The third kappa shape index (κ3) is 4.31. The Labute approximate surface area is 135 Å². The predicted molar refractivity (Wildman–Crippen MR) is 85.8 cm³/mol. The average molecular weight is 355 g/mol. The Morgan fingerprint density at radius 2 is 1.95 bits per heavy atom. The predicted octanol–water partition coefficient (Wildman–Crippen LogP) is 1.10. The molecule has 0 bridgehead atoms. The zero-order valence-corrected chi connectivity index (χ0v) is 14.3. The molecule has 0 fully saturated rings. The van der Waals surface area contributed by atoms with E-state index in [4.69, 9.17) is 5.11 Å². The molecule has 0 radical (unpaired) electrons. The van der Waals surface area contributed by atoms with Crippen LogP contribution in [0.15, 0.2) is 36.5 Å². The number of rotatable bonds is 3. The average Bonchev–Trinajstić information content (AvgIpc) is 2.47. The minimum absolute atomic E-state index is 0.187. The molecule has 0 aliphatic carbocycles. The normalized spacial score (nSPS) is 10.3. The van der Waals surface area contributed by atoms with Crippen molar-refractivity contribution >= 4 is 30.8 Å². The van der Waals surface area contributed by atoms with Gasteiger partial charge in [-0.25, -0.2) is 0 Å². The number of carboxylic acid groups (broad SMARTS) is 1. The summed E-state index contributed by atoms with van der Waals surface area (Å²) in [5, 5.41) is 9.01. The fraction of sp³-hybridized carbons (Fsp3) is 0.118. The second kappa shape index (κ2) is 7.06. The summed E-state index contributed by atoms with van der Waals surface area (Å²) in [5.74, 6) is 4.98. The zero-order valence-electron chi connectivity index (χ0n) is 12.2. The molecule has 1 unspecified atom stereocenters. The van der Waals surface area contributed by atoms with Gasteiger partial charge in [-0.3, -0.25) is 0 Å². The molecule has 1 N–H and O–H groups in total. The first-order valence-electron chi connectivity index (χ1n) is 6.55. The van der Waals surface area contributed by atoms with Crippen molar-refractivity contribution in [3.8, 4) is 11.8 Å². The summed E-state index contributed by atoms with van der Waals surface area (Å²) in [6, 6.07) is 8.52. The molecule has 0 saturated carbocycles. The summed E-state index contributed by atoms with van der Waals surface area (Å²) < 4.78 is 1.02. The van der Waals surface area contributed by atoms with Gasteiger partial charge in [0.05, 0.1) is 0 Å². The van der Waals surface area contributed by atoms with E-state index in [1.54, 1.807) is 31.3 Å². The number of aromatic carboxylic acids is 1. The number of aryl methyl sites for hydroxylation is 1. The van der Waals surface area contributed by atoms with Gasteiger partial charge in [0, 0.05) is 0 Å². The van der Waals surface area contributed by atoms with Crippen LogP contribution in [0.3, 0.4) is 0 Å². The van der Waals surface area contributed by atoms with Gasteiger partial charge in [-0.15, -0.1) is 0 Å². The van der Waals surface area contributed by atoms with Crippen molar-refractivity contribution in [1.82, 2.24) is 4.98 Å². The quantitative estimate of drug-likeness (QED) is 0.661. The SMILES string of the molecule is CC(=O)[AsH]c1ccc(C#Cc2cc(C(=O)O)ccc2C)cn1. The number of aromatic nitrogens is 1. The first-order chi connectivity index (χ1) is 10.5. The van der Waals surface area contributed by atoms with Crippen LogP contribution in [0.5, 0.6) is 0 Å². The molecule has 1 heterocycles. The van der Waals surface area contributed by atoms with E-state index in [0.29, 0.717) is 5.56 Å². The van der Waals surface area contributed by atoms with Gasteiger partial charge in [-0.05, 0) is 0 Å². The summed E-state index contributed by atoms with van der Waals surface area (Å²) in [5.41, 5.74) is 2.56. The second-order valence-electron chi connectivity index (χ2n) is 4.70. The van der Waals surface area contributed by atoms with E-state index >= 15 is 0 Å². The number of hydrogen-bond donors (Lipinski definition) is 1. The number of hydrogen-bond acceptors (Lipinski definition) is 3. The van der Waals surface area contributed by atoms with Crippen LogP contribution in [-0.4, -0.2) is 36.4 Å². The maximum atomic E-state index is 11.1. The van der Waals surface area contributed by atoms with Gasteiger partial charge in [-0.2, -0.15) is 0 Å². The molecule has 0 spiro atoms.